The van der Waals surface area contributed by atoms with Crippen molar-refractivity contribution in [3.05, 3.63) is 40.7 Å². The van der Waals surface area contributed by atoms with Gasteiger partial charge in [0.2, 0.25) is 11.8 Å². The maximum absolute atomic E-state index is 12.8. The number of thiazole rings is 1. The van der Waals surface area contributed by atoms with Crippen LogP contribution in [-0.4, -0.2) is 45.8 Å². The normalized spacial score (nSPS) is 11.2. The zero-order valence-electron chi connectivity index (χ0n) is 16.3. The van der Waals surface area contributed by atoms with Gasteiger partial charge < -0.3 is 9.47 Å². The van der Waals surface area contributed by atoms with Crippen LogP contribution in [0.3, 0.4) is 0 Å². The predicted octanol–water partition coefficient (Wildman–Crippen LogP) is 3.49. The molecule has 162 valence electrons. The number of amides is 1. The van der Waals surface area contributed by atoms with Gasteiger partial charge >= 0.3 is 6.18 Å². The molecule has 0 fully saturated rings. The molecule has 0 bridgehead atoms. The van der Waals surface area contributed by atoms with Crippen LogP contribution in [0.4, 0.5) is 18.3 Å². The highest BCUT2D eigenvalue weighted by molar-refractivity contribution is 7.18. The van der Waals surface area contributed by atoms with Crippen LogP contribution >= 0.6 is 11.3 Å². The lowest BCUT2D eigenvalue weighted by Gasteiger charge is -2.09. The predicted molar refractivity (Wildman–Crippen MR) is 103 cm³/mol. The van der Waals surface area contributed by atoms with Gasteiger partial charge in [-0.2, -0.15) is 13.2 Å². The SMILES string of the molecule is COc1ncnc(OC)c1C(=O)Nc1nc(-c2ccc(C(F)(F)F)cn2)c(C(C)=O)s1. The molecule has 13 heteroatoms. The molecule has 0 aromatic carbocycles. The molecule has 3 heterocycles. The van der Waals surface area contributed by atoms with Crippen molar-refractivity contribution in [3.8, 4) is 23.1 Å². The van der Waals surface area contributed by atoms with E-state index in [1.165, 1.54) is 21.1 Å². The smallest absolute Gasteiger partial charge is 0.417 e. The summed E-state index contributed by atoms with van der Waals surface area (Å²) in [6, 6.07) is 1.94. The van der Waals surface area contributed by atoms with Crippen LogP contribution in [0, 0.1) is 0 Å². The Kier molecular flexibility index (Phi) is 6.15. The number of hydrogen-bond donors (Lipinski definition) is 1. The van der Waals surface area contributed by atoms with Gasteiger partial charge in [0.25, 0.3) is 5.91 Å². The van der Waals surface area contributed by atoms with Crippen LogP contribution in [0.25, 0.3) is 11.4 Å². The Labute approximate surface area is 177 Å². The zero-order valence-corrected chi connectivity index (χ0v) is 17.1. The van der Waals surface area contributed by atoms with Crippen LogP contribution < -0.4 is 14.8 Å². The first kappa shape index (κ1) is 22.1. The third kappa shape index (κ3) is 4.60. The van der Waals surface area contributed by atoms with Gasteiger partial charge in [0.1, 0.15) is 16.9 Å². The van der Waals surface area contributed by atoms with E-state index in [1.54, 1.807) is 0 Å². The number of pyridine rings is 1. The fraction of sp³-hybridized carbons (Fsp3) is 0.222. The molecule has 0 radical (unpaired) electrons. The van der Waals surface area contributed by atoms with Crippen molar-refractivity contribution in [1.82, 2.24) is 19.9 Å². The molecule has 1 amide bonds. The number of rotatable bonds is 6. The number of aromatic nitrogens is 4. The summed E-state index contributed by atoms with van der Waals surface area (Å²) in [5.74, 6) is -1.20. The van der Waals surface area contributed by atoms with Crippen LogP contribution in [-0.2, 0) is 6.18 Å². The third-order valence-corrected chi connectivity index (χ3v) is 4.96. The summed E-state index contributed by atoms with van der Waals surface area (Å²) in [6.07, 6.45) is -2.75. The van der Waals surface area contributed by atoms with Gasteiger partial charge in [-0.05, 0) is 12.1 Å². The van der Waals surface area contributed by atoms with E-state index in [2.05, 4.69) is 25.3 Å². The number of carbonyl (C=O) groups excluding carboxylic acids is 2. The van der Waals surface area contributed by atoms with E-state index in [-0.39, 0.29) is 38.7 Å². The first-order valence-corrected chi connectivity index (χ1v) is 9.27. The molecule has 0 spiro atoms. The molecule has 0 saturated heterocycles. The highest BCUT2D eigenvalue weighted by Crippen LogP contribution is 2.34. The fourth-order valence-electron chi connectivity index (χ4n) is 2.51. The molecular weight excluding hydrogens is 439 g/mol. The molecule has 9 nitrogen and oxygen atoms in total. The minimum Gasteiger partial charge on any atom is -0.480 e. The summed E-state index contributed by atoms with van der Waals surface area (Å²) in [5, 5.41) is 2.51. The Bertz CT molecular complexity index is 1110. The molecule has 3 aromatic heterocycles. The van der Waals surface area contributed by atoms with Crippen molar-refractivity contribution in [2.75, 3.05) is 19.5 Å². The Morgan fingerprint density at radius 3 is 2.19 bits per heavy atom. The molecule has 0 aliphatic rings. The summed E-state index contributed by atoms with van der Waals surface area (Å²) in [7, 11) is 2.62. The van der Waals surface area contributed by atoms with Gasteiger partial charge in [-0.25, -0.2) is 15.0 Å². The molecule has 3 aromatic rings. The van der Waals surface area contributed by atoms with Crippen LogP contribution in [0.5, 0.6) is 11.8 Å². The number of carbonyl (C=O) groups is 2. The van der Waals surface area contributed by atoms with Crippen molar-refractivity contribution >= 4 is 28.2 Å². The van der Waals surface area contributed by atoms with Gasteiger partial charge in [-0.1, -0.05) is 11.3 Å². The number of methoxy groups -OCH3 is 2. The van der Waals surface area contributed by atoms with Crippen molar-refractivity contribution in [2.45, 2.75) is 13.1 Å². The third-order valence-electron chi connectivity index (χ3n) is 3.89. The van der Waals surface area contributed by atoms with E-state index >= 15 is 0 Å². The first-order valence-electron chi connectivity index (χ1n) is 8.45. The molecule has 31 heavy (non-hydrogen) atoms. The largest absolute Gasteiger partial charge is 0.480 e. The van der Waals surface area contributed by atoms with E-state index in [0.717, 1.165) is 29.8 Å². The molecule has 0 aliphatic heterocycles. The van der Waals surface area contributed by atoms with Crippen LogP contribution in [0.15, 0.2) is 24.7 Å². The maximum atomic E-state index is 12.8. The Balaban J connectivity index is 1.97. The molecular formula is C18H14F3N5O4S. The van der Waals surface area contributed by atoms with Crippen molar-refractivity contribution < 1.29 is 32.2 Å². The second-order valence-corrected chi connectivity index (χ2v) is 6.90. The summed E-state index contributed by atoms with van der Waals surface area (Å²) < 4.78 is 48.4. The van der Waals surface area contributed by atoms with Gasteiger partial charge in [0.05, 0.1) is 25.5 Å². The summed E-state index contributed by atoms with van der Waals surface area (Å²) in [4.78, 5) is 40.5. The average Bonchev–Trinajstić information content (AvgIpc) is 3.16. The first-order chi connectivity index (χ1) is 14.7. The highest BCUT2D eigenvalue weighted by atomic mass is 32.1. The number of nitrogens with zero attached hydrogens (tertiary/aromatic N) is 4. The number of alkyl halides is 3. The lowest BCUT2D eigenvalue weighted by molar-refractivity contribution is -0.137. The van der Waals surface area contributed by atoms with Crippen molar-refractivity contribution in [3.63, 3.8) is 0 Å². The van der Waals surface area contributed by atoms with Gasteiger partial charge in [-0.3, -0.25) is 19.9 Å². The van der Waals surface area contributed by atoms with Gasteiger partial charge in [0.15, 0.2) is 16.5 Å². The summed E-state index contributed by atoms with van der Waals surface area (Å²) in [5.41, 5.74) is -0.938. The van der Waals surface area contributed by atoms with Crippen molar-refractivity contribution in [2.24, 2.45) is 0 Å². The van der Waals surface area contributed by atoms with Crippen LogP contribution in [0.1, 0.15) is 32.5 Å². The quantitative estimate of drug-likeness (QED) is 0.564. The van der Waals surface area contributed by atoms with Crippen molar-refractivity contribution in [1.29, 1.82) is 0 Å². The molecule has 0 aliphatic carbocycles. The van der Waals surface area contributed by atoms with E-state index < -0.39 is 23.4 Å². The molecule has 0 atom stereocenters. The van der Waals surface area contributed by atoms with E-state index in [1.807, 2.05) is 0 Å². The Hall–Kier alpha value is -3.61. The zero-order chi connectivity index (χ0) is 22.8. The van der Waals surface area contributed by atoms with Gasteiger partial charge in [-0.15, -0.1) is 0 Å². The highest BCUT2D eigenvalue weighted by Gasteiger charge is 2.31. The topological polar surface area (TPSA) is 116 Å². The molecule has 0 unspecified atom stereocenters. The Morgan fingerprint density at radius 2 is 1.71 bits per heavy atom. The standard InChI is InChI=1S/C18H14F3N5O4S/c1-8(27)13-12(10-5-4-9(6-22-10)18(19,20)21)25-17(31-13)26-14(28)11-15(29-2)23-7-24-16(11)30-3/h4-7H,1-3H3,(H,25,26,28). The number of Topliss-reactive ketones (excluding diaryl/α,β-unsaturated/α-hetero) is 1. The average molecular weight is 453 g/mol. The number of anilines is 1. The Morgan fingerprint density at radius 1 is 1.06 bits per heavy atom. The van der Waals surface area contributed by atoms with Gasteiger partial charge in [0, 0.05) is 13.1 Å². The maximum Gasteiger partial charge on any atom is 0.417 e. The number of nitrogens with one attached hydrogen (secondary N) is 1. The minimum atomic E-state index is -4.55. The van der Waals surface area contributed by atoms with E-state index in [0.29, 0.717) is 6.20 Å². The fourth-order valence-corrected chi connectivity index (χ4v) is 3.37. The second-order valence-electron chi connectivity index (χ2n) is 5.90. The number of ether oxygens (including phenoxy) is 2. The second kappa shape index (κ2) is 8.63. The number of ketones is 1. The monoisotopic (exact) mass is 453 g/mol. The molecule has 3 rings (SSSR count). The minimum absolute atomic E-state index is 0.0138. The number of hydrogen-bond acceptors (Lipinski definition) is 9. The summed E-state index contributed by atoms with van der Waals surface area (Å²) in [6.45, 7) is 1.27. The lowest BCUT2D eigenvalue weighted by Crippen LogP contribution is -2.16. The van der Waals surface area contributed by atoms with Crippen LogP contribution in [0.2, 0.25) is 0 Å². The van der Waals surface area contributed by atoms with E-state index in [4.69, 9.17) is 9.47 Å². The number of halogens is 3. The summed E-state index contributed by atoms with van der Waals surface area (Å²) >= 11 is 0.845. The molecule has 0 saturated carbocycles. The van der Waals surface area contributed by atoms with E-state index in [9.17, 15) is 22.8 Å². The lowest BCUT2D eigenvalue weighted by atomic mass is 10.2. The molecule has 1 N–H and O–H groups in total.